The van der Waals surface area contributed by atoms with Crippen LogP contribution in [0.1, 0.15) is 58.3 Å². The molecule has 2 rings (SSSR count). The number of halogens is 2. The summed E-state index contributed by atoms with van der Waals surface area (Å²) in [6.45, 7) is 10.4. The highest BCUT2D eigenvalue weighted by atomic mass is 35.5. The zero-order valence-electron chi connectivity index (χ0n) is 16.0. The van der Waals surface area contributed by atoms with Crippen molar-refractivity contribution in [1.29, 1.82) is 0 Å². The average Bonchev–Trinajstić information content (AvgIpc) is 2.91. The zero-order valence-corrected chi connectivity index (χ0v) is 17.6. The minimum absolute atomic E-state index is 0. The molecule has 7 heteroatoms. The highest BCUT2D eigenvalue weighted by molar-refractivity contribution is 6.18. The van der Waals surface area contributed by atoms with Crippen LogP contribution in [0, 0.1) is 5.92 Å². The molecule has 0 spiro atoms. The molecule has 0 bridgehead atoms. The summed E-state index contributed by atoms with van der Waals surface area (Å²) in [7, 11) is 0. The molecule has 1 aromatic heterocycles. The van der Waals surface area contributed by atoms with Gasteiger partial charge in [-0.25, -0.2) is 9.78 Å². The van der Waals surface area contributed by atoms with Crippen molar-refractivity contribution in [2.75, 3.05) is 5.88 Å². The quantitative estimate of drug-likeness (QED) is 0.615. The number of carbonyl (C=O) groups is 1. The number of nitrogens with zero attached hydrogens (tertiary/aromatic N) is 2. The number of hydrogen-bond donors (Lipinski definition) is 2. The number of fused-ring (bicyclic) bond motifs is 1. The van der Waals surface area contributed by atoms with Gasteiger partial charge in [0.15, 0.2) is 0 Å². The number of carboxylic acid groups (broad SMARTS) is 1. The van der Waals surface area contributed by atoms with Gasteiger partial charge in [-0.2, -0.15) is 0 Å². The van der Waals surface area contributed by atoms with Crippen LogP contribution >= 0.6 is 24.0 Å². The normalized spacial score (nSPS) is 12.9. The summed E-state index contributed by atoms with van der Waals surface area (Å²) in [5.41, 5.74) is 2.27. The van der Waals surface area contributed by atoms with Gasteiger partial charge in [0.1, 0.15) is 5.82 Å². The second kappa shape index (κ2) is 8.96. The van der Waals surface area contributed by atoms with Gasteiger partial charge in [-0.1, -0.05) is 19.9 Å². The minimum Gasteiger partial charge on any atom is -0.465 e. The van der Waals surface area contributed by atoms with Crippen molar-refractivity contribution in [2.24, 2.45) is 5.92 Å². The molecule has 1 amide bonds. The lowest BCUT2D eigenvalue weighted by Gasteiger charge is -2.33. The number of imidazole rings is 1. The molecule has 26 heavy (non-hydrogen) atoms. The molecule has 2 aromatic rings. The molecule has 0 aliphatic heterocycles. The van der Waals surface area contributed by atoms with E-state index in [4.69, 9.17) is 16.6 Å². The monoisotopic (exact) mass is 401 g/mol. The van der Waals surface area contributed by atoms with Crippen LogP contribution in [-0.4, -0.2) is 37.5 Å². The maximum atomic E-state index is 11.5. The molecule has 146 valence electrons. The maximum absolute atomic E-state index is 11.5. The van der Waals surface area contributed by atoms with Gasteiger partial charge >= 0.3 is 6.09 Å². The van der Waals surface area contributed by atoms with Gasteiger partial charge in [-0.3, -0.25) is 4.90 Å². The molecule has 2 N–H and O–H groups in total. The molecule has 0 saturated carbocycles. The van der Waals surface area contributed by atoms with Crippen LogP contribution in [0.4, 0.5) is 4.79 Å². The van der Waals surface area contributed by atoms with Crippen LogP contribution in [0.25, 0.3) is 11.0 Å². The lowest BCUT2D eigenvalue weighted by atomic mass is 9.98. The number of H-pyrrole nitrogens is 1. The fourth-order valence-corrected chi connectivity index (χ4v) is 3.23. The molecule has 0 aliphatic rings. The van der Waals surface area contributed by atoms with Crippen molar-refractivity contribution < 1.29 is 9.90 Å². The van der Waals surface area contributed by atoms with E-state index in [0.717, 1.165) is 28.8 Å². The molecule has 1 aromatic carbocycles. The van der Waals surface area contributed by atoms with Crippen LogP contribution in [0.15, 0.2) is 18.2 Å². The van der Waals surface area contributed by atoms with E-state index in [1.807, 2.05) is 39.0 Å². The second-order valence-corrected chi connectivity index (χ2v) is 8.30. The Bertz CT molecular complexity index is 738. The Morgan fingerprint density at radius 3 is 2.50 bits per heavy atom. The number of nitrogens with one attached hydrogen (secondary N) is 1. The smallest absolute Gasteiger partial charge is 0.408 e. The Balaban J connectivity index is 0.00000338. The van der Waals surface area contributed by atoms with Gasteiger partial charge in [0.2, 0.25) is 0 Å². The van der Waals surface area contributed by atoms with Crippen molar-refractivity contribution in [3.63, 3.8) is 0 Å². The topological polar surface area (TPSA) is 69.2 Å². The fourth-order valence-electron chi connectivity index (χ4n) is 2.95. The van der Waals surface area contributed by atoms with E-state index in [1.165, 1.54) is 4.90 Å². The Labute approximate surface area is 166 Å². The first-order valence-corrected chi connectivity index (χ1v) is 9.20. The first-order valence-electron chi connectivity index (χ1n) is 8.67. The van der Waals surface area contributed by atoms with Crippen LogP contribution in [-0.2, 0) is 6.54 Å². The van der Waals surface area contributed by atoms with Crippen molar-refractivity contribution in [3.05, 3.63) is 29.6 Å². The molecule has 1 heterocycles. The lowest BCUT2D eigenvalue weighted by molar-refractivity contribution is 0.0956. The molecule has 0 fully saturated rings. The number of benzene rings is 1. The van der Waals surface area contributed by atoms with E-state index < -0.39 is 11.6 Å². The molecule has 1 atom stereocenters. The lowest BCUT2D eigenvalue weighted by Crippen LogP contribution is -2.44. The summed E-state index contributed by atoms with van der Waals surface area (Å²) < 4.78 is 0. The summed E-state index contributed by atoms with van der Waals surface area (Å²) in [6, 6.07) is 5.87. The van der Waals surface area contributed by atoms with E-state index in [1.54, 1.807) is 0 Å². The number of aromatic nitrogens is 2. The van der Waals surface area contributed by atoms with Gasteiger partial charge in [0.05, 0.1) is 11.0 Å². The fraction of sp³-hybridized carbons (Fsp3) is 0.579. The molecular formula is C19H29Cl2N3O2. The van der Waals surface area contributed by atoms with Crippen molar-refractivity contribution in [2.45, 2.75) is 59.0 Å². The summed E-state index contributed by atoms with van der Waals surface area (Å²) in [5.74, 6) is 2.18. The SMILES string of the molecule is CC(C)CC(CCl)c1nc2cc(CN(C(=O)O)C(C)(C)C)ccc2[nH]1.Cl. The largest absolute Gasteiger partial charge is 0.465 e. The van der Waals surface area contributed by atoms with Gasteiger partial charge in [0.25, 0.3) is 0 Å². The van der Waals surface area contributed by atoms with Crippen LogP contribution in [0.5, 0.6) is 0 Å². The highest BCUT2D eigenvalue weighted by Gasteiger charge is 2.26. The van der Waals surface area contributed by atoms with E-state index in [-0.39, 0.29) is 18.3 Å². The Morgan fingerprint density at radius 2 is 2.00 bits per heavy atom. The standard InChI is InChI=1S/C19H28ClN3O2.ClH/c1-12(2)8-14(10-20)17-21-15-7-6-13(9-16(15)22-17)11-23(18(24)25)19(3,4)5;/h6-7,9,12,14H,8,10-11H2,1-5H3,(H,21,22)(H,24,25);1H. The number of alkyl halides is 1. The molecular weight excluding hydrogens is 373 g/mol. The van der Waals surface area contributed by atoms with Gasteiger partial charge in [-0.15, -0.1) is 24.0 Å². The van der Waals surface area contributed by atoms with E-state index in [2.05, 4.69) is 18.8 Å². The summed E-state index contributed by atoms with van der Waals surface area (Å²) >= 11 is 6.13. The van der Waals surface area contributed by atoms with Crippen LogP contribution < -0.4 is 0 Å². The first-order chi connectivity index (χ1) is 11.6. The first kappa shape index (κ1) is 22.6. The zero-order chi connectivity index (χ0) is 18.8. The molecule has 5 nitrogen and oxygen atoms in total. The van der Waals surface area contributed by atoms with Gasteiger partial charge in [-0.05, 0) is 50.8 Å². The summed E-state index contributed by atoms with van der Waals surface area (Å²) in [4.78, 5) is 21.0. The Hall–Kier alpha value is -1.46. The molecule has 0 radical (unpaired) electrons. The van der Waals surface area contributed by atoms with Gasteiger partial charge < -0.3 is 10.1 Å². The second-order valence-electron chi connectivity index (χ2n) is 7.99. The van der Waals surface area contributed by atoms with Crippen LogP contribution in [0.2, 0.25) is 0 Å². The third-order valence-corrected chi connectivity index (χ3v) is 4.65. The Kier molecular flexibility index (Phi) is 7.78. The molecule has 1 unspecified atom stereocenters. The van der Waals surface area contributed by atoms with E-state index >= 15 is 0 Å². The van der Waals surface area contributed by atoms with E-state index in [0.29, 0.717) is 18.3 Å². The minimum atomic E-state index is -0.922. The van der Waals surface area contributed by atoms with Crippen LogP contribution in [0.3, 0.4) is 0 Å². The Morgan fingerprint density at radius 1 is 1.35 bits per heavy atom. The number of hydrogen-bond acceptors (Lipinski definition) is 2. The molecule has 0 saturated heterocycles. The average molecular weight is 402 g/mol. The summed E-state index contributed by atoms with van der Waals surface area (Å²) in [5, 5.41) is 9.47. The third kappa shape index (κ3) is 5.52. The van der Waals surface area contributed by atoms with Gasteiger partial charge in [0, 0.05) is 23.9 Å². The number of aromatic amines is 1. The van der Waals surface area contributed by atoms with Crippen molar-refractivity contribution in [3.8, 4) is 0 Å². The maximum Gasteiger partial charge on any atom is 0.408 e. The van der Waals surface area contributed by atoms with Crippen molar-refractivity contribution >= 4 is 41.1 Å². The number of rotatable bonds is 6. The predicted molar refractivity (Wildman–Crippen MR) is 110 cm³/mol. The van der Waals surface area contributed by atoms with Crippen molar-refractivity contribution in [1.82, 2.24) is 14.9 Å². The molecule has 0 aliphatic carbocycles. The highest BCUT2D eigenvalue weighted by Crippen LogP contribution is 2.26. The predicted octanol–water partition coefficient (Wildman–Crippen LogP) is 5.63. The number of amides is 1. The summed E-state index contributed by atoms with van der Waals surface area (Å²) in [6.07, 6.45) is 0.0574. The van der Waals surface area contributed by atoms with E-state index in [9.17, 15) is 9.90 Å². The third-order valence-electron chi connectivity index (χ3n) is 4.28.